The average molecular weight is 356 g/mol. The molecule has 0 aliphatic heterocycles. The number of benzene rings is 1. The fraction of sp³-hybridized carbons (Fsp3) is 0.333. The molecule has 8 heteroatoms. The van der Waals surface area contributed by atoms with Gasteiger partial charge in [0.25, 0.3) is 5.91 Å². The first-order chi connectivity index (χ1) is 10.9. The number of carbonyl (C=O) groups is 1. The van der Waals surface area contributed by atoms with E-state index in [1.165, 1.54) is 29.7 Å². The van der Waals surface area contributed by atoms with Gasteiger partial charge in [-0.15, -0.1) is 11.3 Å². The zero-order chi connectivity index (χ0) is 16.9. The van der Waals surface area contributed by atoms with E-state index in [4.69, 9.17) is 0 Å². The summed E-state index contributed by atoms with van der Waals surface area (Å²) >= 11 is 1.24. The van der Waals surface area contributed by atoms with Gasteiger partial charge in [-0.05, 0) is 17.7 Å². The predicted octanol–water partition coefficient (Wildman–Crippen LogP) is 2.04. The Morgan fingerprint density at radius 1 is 1.30 bits per heavy atom. The summed E-state index contributed by atoms with van der Waals surface area (Å²) in [5.74, 6) is -0.643. The maximum absolute atomic E-state index is 12.9. The van der Waals surface area contributed by atoms with Crippen LogP contribution in [0.1, 0.15) is 27.2 Å². The second-order valence-electron chi connectivity index (χ2n) is 4.91. The van der Waals surface area contributed by atoms with E-state index in [0.29, 0.717) is 11.3 Å². The van der Waals surface area contributed by atoms with Crippen LogP contribution in [0.2, 0.25) is 0 Å². The molecule has 2 aromatic rings. The molecule has 0 aliphatic rings. The molecule has 0 spiro atoms. The number of halogens is 1. The van der Waals surface area contributed by atoms with Gasteiger partial charge in [0.15, 0.2) is 9.84 Å². The van der Waals surface area contributed by atoms with Crippen LogP contribution < -0.4 is 5.32 Å². The maximum atomic E-state index is 12.9. The average Bonchev–Trinajstić information content (AvgIpc) is 2.98. The summed E-state index contributed by atoms with van der Waals surface area (Å²) in [7, 11) is -3.09. The number of sulfone groups is 1. The van der Waals surface area contributed by atoms with Crippen LogP contribution in [0.5, 0.6) is 0 Å². The summed E-state index contributed by atoms with van der Waals surface area (Å²) in [4.78, 5) is 16.5. The minimum absolute atomic E-state index is 0.0608. The van der Waals surface area contributed by atoms with Crippen molar-refractivity contribution in [1.29, 1.82) is 0 Å². The van der Waals surface area contributed by atoms with E-state index >= 15 is 0 Å². The zero-order valence-electron chi connectivity index (χ0n) is 12.6. The van der Waals surface area contributed by atoms with Gasteiger partial charge in [-0.3, -0.25) is 4.79 Å². The minimum Gasteiger partial charge on any atom is -0.350 e. The van der Waals surface area contributed by atoms with Crippen molar-refractivity contribution in [3.63, 3.8) is 0 Å². The predicted molar refractivity (Wildman–Crippen MR) is 88.0 cm³/mol. The maximum Gasteiger partial charge on any atom is 0.263 e. The van der Waals surface area contributed by atoms with Crippen molar-refractivity contribution in [2.45, 2.75) is 13.3 Å². The fourth-order valence-electron chi connectivity index (χ4n) is 1.83. The molecule has 1 aromatic carbocycles. The number of nitrogens with one attached hydrogen (secondary N) is 1. The van der Waals surface area contributed by atoms with E-state index in [2.05, 4.69) is 10.3 Å². The highest BCUT2D eigenvalue weighted by atomic mass is 32.2. The van der Waals surface area contributed by atoms with Crippen LogP contribution in [0, 0.1) is 5.82 Å². The van der Waals surface area contributed by atoms with E-state index in [9.17, 15) is 17.6 Å². The van der Waals surface area contributed by atoms with Crippen LogP contribution in [-0.4, -0.2) is 37.4 Å². The largest absolute Gasteiger partial charge is 0.350 e. The molecule has 1 heterocycles. The minimum atomic E-state index is -3.09. The fourth-order valence-corrected chi connectivity index (χ4v) is 3.40. The molecule has 0 fully saturated rings. The van der Waals surface area contributed by atoms with Gasteiger partial charge >= 0.3 is 0 Å². The zero-order valence-corrected chi connectivity index (χ0v) is 14.2. The van der Waals surface area contributed by atoms with Crippen molar-refractivity contribution in [1.82, 2.24) is 10.3 Å². The molecule has 1 amide bonds. The van der Waals surface area contributed by atoms with Crippen LogP contribution in [0.3, 0.4) is 0 Å². The Bertz CT molecular complexity index is 770. The van der Waals surface area contributed by atoms with Gasteiger partial charge in [-0.1, -0.05) is 19.1 Å². The molecule has 0 saturated heterocycles. The van der Waals surface area contributed by atoms with Gasteiger partial charge in [0, 0.05) is 18.7 Å². The topological polar surface area (TPSA) is 76.1 Å². The SMILES string of the molecule is CCS(=O)(=O)CCNC(=O)c1cnc(Cc2ccc(F)cc2)s1. The summed E-state index contributed by atoms with van der Waals surface area (Å²) in [6.45, 7) is 1.66. The summed E-state index contributed by atoms with van der Waals surface area (Å²) in [5, 5.41) is 3.32. The third-order valence-corrected chi connectivity index (χ3v) is 5.89. The number of aromatic nitrogens is 1. The first-order valence-electron chi connectivity index (χ1n) is 7.07. The summed E-state index contributed by atoms with van der Waals surface area (Å²) < 4.78 is 35.6. The summed E-state index contributed by atoms with van der Waals surface area (Å²) in [5.41, 5.74) is 0.904. The highest BCUT2D eigenvalue weighted by Crippen LogP contribution is 2.17. The van der Waals surface area contributed by atoms with Gasteiger partial charge in [-0.25, -0.2) is 17.8 Å². The number of nitrogens with zero attached hydrogens (tertiary/aromatic N) is 1. The molecular weight excluding hydrogens is 339 g/mol. The molecular formula is C15H17FN2O3S2. The molecule has 0 aliphatic carbocycles. The van der Waals surface area contributed by atoms with Gasteiger partial charge < -0.3 is 5.32 Å². The number of rotatable bonds is 7. The van der Waals surface area contributed by atoms with Crippen molar-refractivity contribution in [3.8, 4) is 0 Å². The molecule has 1 aromatic heterocycles. The van der Waals surface area contributed by atoms with E-state index in [0.717, 1.165) is 10.6 Å². The Kier molecular flexibility index (Phi) is 5.84. The van der Waals surface area contributed by atoms with Crippen LogP contribution >= 0.6 is 11.3 Å². The monoisotopic (exact) mass is 356 g/mol. The molecule has 0 atom stereocenters. The van der Waals surface area contributed by atoms with Crippen molar-refractivity contribution in [2.75, 3.05) is 18.1 Å². The summed E-state index contributed by atoms with van der Waals surface area (Å²) in [6.07, 6.45) is 1.98. The van der Waals surface area contributed by atoms with Crippen LogP contribution in [-0.2, 0) is 16.3 Å². The van der Waals surface area contributed by atoms with Crippen molar-refractivity contribution in [2.24, 2.45) is 0 Å². The smallest absolute Gasteiger partial charge is 0.263 e. The second kappa shape index (κ2) is 7.65. The third-order valence-electron chi connectivity index (χ3n) is 3.18. The molecule has 2 rings (SSSR count). The standard InChI is InChI=1S/C15H17FN2O3S2/c1-2-23(20,21)8-7-17-15(19)13-10-18-14(22-13)9-11-3-5-12(16)6-4-11/h3-6,10H,2,7-9H2,1H3,(H,17,19). The van der Waals surface area contributed by atoms with Crippen LogP contribution in [0.25, 0.3) is 0 Å². The molecule has 0 radical (unpaired) electrons. The lowest BCUT2D eigenvalue weighted by Crippen LogP contribution is -2.29. The van der Waals surface area contributed by atoms with Gasteiger partial charge in [0.1, 0.15) is 10.7 Å². The van der Waals surface area contributed by atoms with Gasteiger partial charge in [0.2, 0.25) is 0 Å². The van der Waals surface area contributed by atoms with E-state index < -0.39 is 9.84 Å². The lowest BCUT2D eigenvalue weighted by Gasteiger charge is -2.03. The summed E-state index contributed by atoms with van der Waals surface area (Å²) in [6, 6.07) is 6.10. The van der Waals surface area contributed by atoms with Crippen molar-refractivity contribution >= 4 is 27.1 Å². The van der Waals surface area contributed by atoms with E-state index in [-0.39, 0.29) is 29.8 Å². The van der Waals surface area contributed by atoms with Crippen molar-refractivity contribution < 1.29 is 17.6 Å². The van der Waals surface area contributed by atoms with Crippen LogP contribution in [0.4, 0.5) is 4.39 Å². The normalized spacial score (nSPS) is 11.4. The molecule has 1 N–H and O–H groups in total. The van der Waals surface area contributed by atoms with Crippen LogP contribution in [0.15, 0.2) is 30.5 Å². The second-order valence-corrected chi connectivity index (χ2v) is 8.50. The molecule has 0 saturated carbocycles. The first kappa shape index (κ1) is 17.6. The highest BCUT2D eigenvalue weighted by molar-refractivity contribution is 7.91. The Labute approximate surface area is 138 Å². The van der Waals surface area contributed by atoms with Gasteiger partial charge in [0.05, 0.1) is 17.0 Å². The molecule has 0 unspecified atom stereocenters. The van der Waals surface area contributed by atoms with E-state index in [1.807, 2.05) is 0 Å². The molecule has 0 bridgehead atoms. The number of thiazole rings is 1. The number of carbonyl (C=O) groups excluding carboxylic acids is 1. The highest BCUT2D eigenvalue weighted by Gasteiger charge is 2.13. The number of hydrogen-bond acceptors (Lipinski definition) is 5. The van der Waals surface area contributed by atoms with E-state index in [1.54, 1.807) is 19.1 Å². The quantitative estimate of drug-likeness (QED) is 0.824. The van der Waals surface area contributed by atoms with Crippen molar-refractivity contribution in [3.05, 3.63) is 51.7 Å². The lowest BCUT2D eigenvalue weighted by molar-refractivity contribution is 0.0960. The molecule has 5 nitrogen and oxygen atoms in total. The molecule has 23 heavy (non-hydrogen) atoms. The Balaban J connectivity index is 1.90. The Morgan fingerprint density at radius 3 is 2.65 bits per heavy atom. The number of amides is 1. The van der Waals surface area contributed by atoms with Gasteiger partial charge in [-0.2, -0.15) is 0 Å². The lowest BCUT2D eigenvalue weighted by atomic mass is 10.2. The molecule has 124 valence electrons. The third kappa shape index (κ3) is 5.40. The Morgan fingerprint density at radius 2 is 2.00 bits per heavy atom. The first-order valence-corrected chi connectivity index (χ1v) is 9.71. The number of hydrogen-bond donors (Lipinski definition) is 1. The Hall–Kier alpha value is -1.80.